The molecule has 1 aromatic heterocycles. The Morgan fingerprint density at radius 3 is 2.85 bits per heavy atom. The van der Waals surface area contributed by atoms with Gasteiger partial charge in [0.05, 0.1) is 16.9 Å². The lowest BCUT2D eigenvalue weighted by molar-refractivity contribution is 0.538. The van der Waals surface area contributed by atoms with Gasteiger partial charge in [-0.3, -0.25) is 4.68 Å². The maximum atomic E-state index is 5.87. The maximum Gasteiger partial charge on any atom is 0.0814 e. The first-order chi connectivity index (χ1) is 6.25. The molecule has 4 heteroatoms. The molecule has 1 N–H and O–H groups in total. The fourth-order valence-corrected chi connectivity index (χ4v) is 1.35. The van der Waals surface area contributed by atoms with Crippen LogP contribution in [0.4, 0.5) is 0 Å². The number of aromatic nitrogens is 2. The van der Waals surface area contributed by atoms with Crippen LogP contribution in [0.3, 0.4) is 0 Å². The monoisotopic (exact) mass is 201 g/mol. The van der Waals surface area contributed by atoms with Crippen molar-refractivity contribution in [3.63, 3.8) is 0 Å². The van der Waals surface area contributed by atoms with Gasteiger partial charge in [-0.2, -0.15) is 5.10 Å². The van der Waals surface area contributed by atoms with Gasteiger partial charge in [-0.05, 0) is 33.4 Å². The Hall–Kier alpha value is -0.540. The average Bonchev–Trinajstić information content (AvgIpc) is 2.43. The number of hydrogen-bond acceptors (Lipinski definition) is 2. The second-order valence-corrected chi connectivity index (χ2v) is 3.52. The van der Waals surface area contributed by atoms with E-state index >= 15 is 0 Å². The topological polar surface area (TPSA) is 29.9 Å². The molecular formula is C9H16ClN3. The summed E-state index contributed by atoms with van der Waals surface area (Å²) in [4.78, 5) is 0. The van der Waals surface area contributed by atoms with Crippen LogP contribution in [0.25, 0.3) is 0 Å². The first-order valence-electron chi connectivity index (χ1n) is 4.58. The lowest BCUT2D eigenvalue weighted by Crippen LogP contribution is -2.09. The lowest BCUT2D eigenvalue weighted by atomic mass is 10.3. The van der Waals surface area contributed by atoms with Crippen LogP contribution >= 0.6 is 11.6 Å². The summed E-state index contributed by atoms with van der Waals surface area (Å²) in [7, 11) is 1.97. The highest BCUT2D eigenvalue weighted by Gasteiger charge is 2.02. The second-order valence-electron chi connectivity index (χ2n) is 3.11. The zero-order valence-electron chi connectivity index (χ0n) is 8.18. The van der Waals surface area contributed by atoms with Gasteiger partial charge in [0.25, 0.3) is 0 Å². The predicted octanol–water partition coefficient (Wildman–Crippen LogP) is 1.84. The van der Waals surface area contributed by atoms with Crippen molar-refractivity contribution in [3.05, 3.63) is 16.9 Å². The van der Waals surface area contributed by atoms with Crippen LogP contribution in [0.5, 0.6) is 0 Å². The minimum atomic E-state index is 0.758. The SMILES string of the molecule is CNCCCCn1ncc(Cl)c1C. The van der Waals surface area contributed by atoms with E-state index in [1.807, 2.05) is 18.7 Å². The Morgan fingerprint density at radius 2 is 2.31 bits per heavy atom. The molecule has 0 aliphatic rings. The van der Waals surface area contributed by atoms with Gasteiger partial charge in [-0.1, -0.05) is 11.6 Å². The molecular weight excluding hydrogens is 186 g/mol. The molecule has 0 fully saturated rings. The van der Waals surface area contributed by atoms with Crippen LogP contribution < -0.4 is 5.32 Å². The standard InChI is InChI=1S/C9H16ClN3/c1-8-9(10)7-12-13(8)6-4-3-5-11-2/h7,11H,3-6H2,1-2H3. The number of halogens is 1. The summed E-state index contributed by atoms with van der Waals surface area (Å²) in [6.07, 6.45) is 4.02. The van der Waals surface area contributed by atoms with Crippen LogP contribution in [0, 0.1) is 6.92 Å². The lowest BCUT2D eigenvalue weighted by Gasteiger charge is -2.03. The molecule has 0 spiro atoms. The van der Waals surface area contributed by atoms with E-state index in [4.69, 9.17) is 11.6 Å². The van der Waals surface area contributed by atoms with Gasteiger partial charge in [0.2, 0.25) is 0 Å². The van der Waals surface area contributed by atoms with Crippen molar-refractivity contribution in [1.82, 2.24) is 15.1 Å². The van der Waals surface area contributed by atoms with E-state index in [0.717, 1.165) is 30.2 Å². The molecule has 0 aliphatic heterocycles. The van der Waals surface area contributed by atoms with Crippen LogP contribution in [0.1, 0.15) is 18.5 Å². The summed E-state index contributed by atoms with van der Waals surface area (Å²) in [6, 6.07) is 0. The van der Waals surface area contributed by atoms with E-state index in [9.17, 15) is 0 Å². The number of nitrogens with zero attached hydrogens (tertiary/aromatic N) is 2. The van der Waals surface area contributed by atoms with Gasteiger partial charge in [-0.15, -0.1) is 0 Å². The van der Waals surface area contributed by atoms with Crippen molar-refractivity contribution in [3.8, 4) is 0 Å². The highest BCUT2D eigenvalue weighted by Crippen LogP contribution is 2.13. The van der Waals surface area contributed by atoms with Gasteiger partial charge < -0.3 is 5.32 Å². The van der Waals surface area contributed by atoms with Crippen molar-refractivity contribution in [2.75, 3.05) is 13.6 Å². The van der Waals surface area contributed by atoms with Gasteiger partial charge in [-0.25, -0.2) is 0 Å². The first-order valence-corrected chi connectivity index (χ1v) is 4.96. The van der Waals surface area contributed by atoms with E-state index in [-0.39, 0.29) is 0 Å². The smallest absolute Gasteiger partial charge is 0.0814 e. The van der Waals surface area contributed by atoms with Crippen molar-refractivity contribution in [1.29, 1.82) is 0 Å². The van der Waals surface area contributed by atoms with E-state index in [0.29, 0.717) is 0 Å². The van der Waals surface area contributed by atoms with E-state index < -0.39 is 0 Å². The zero-order valence-corrected chi connectivity index (χ0v) is 8.93. The maximum absolute atomic E-state index is 5.87. The summed E-state index contributed by atoms with van der Waals surface area (Å²) in [5.41, 5.74) is 1.06. The summed E-state index contributed by atoms with van der Waals surface area (Å²) < 4.78 is 1.96. The van der Waals surface area contributed by atoms with Crippen LogP contribution in [0.15, 0.2) is 6.20 Å². The molecule has 0 saturated carbocycles. The van der Waals surface area contributed by atoms with E-state index in [2.05, 4.69) is 10.4 Å². The Kier molecular flexibility index (Phi) is 4.25. The zero-order chi connectivity index (χ0) is 9.68. The average molecular weight is 202 g/mol. The Balaban J connectivity index is 2.32. The van der Waals surface area contributed by atoms with Crippen molar-refractivity contribution in [2.24, 2.45) is 0 Å². The third kappa shape index (κ3) is 3.01. The minimum absolute atomic E-state index is 0.758. The molecule has 0 amide bonds. The van der Waals surface area contributed by atoms with Crippen LogP contribution in [-0.2, 0) is 6.54 Å². The van der Waals surface area contributed by atoms with Crippen LogP contribution in [0.2, 0.25) is 5.02 Å². The molecule has 0 aromatic carbocycles. The predicted molar refractivity (Wildman–Crippen MR) is 55.1 cm³/mol. The molecule has 1 rings (SSSR count). The number of rotatable bonds is 5. The molecule has 0 radical (unpaired) electrons. The normalized spacial score (nSPS) is 10.7. The fraction of sp³-hybridized carbons (Fsp3) is 0.667. The molecule has 0 unspecified atom stereocenters. The molecule has 1 heterocycles. The summed E-state index contributed by atoms with van der Waals surface area (Å²) in [5, 5.41) is 8.05. The largest absolute Gasteiger partial charge is 0.320 e. The van der Waals surface area contributed by atoms with Gasteiger partial charge >= 0.3 is 0 Å². The Labute approximate surface area is 84.1 Å². The van der Waals surface area contributed by atoms with Gasteiger partial charge in [0, 0.05) is 6.54 Å². The summed E-state index contributed by atoms with van der Waals surface area (Å²) >= 11 is 5.87. The summed E-state index contributed by atoms with van der Waals surface area (Å²) in [5.74, 6) is 0. The van der Waals surface area contributed by atoms with Crippen molar-refractivity contribution >= 4 is 11.6 Å². The third-order valence-electron chi connectivity index (χ3n) is 2.09. The van der Waals surface area contributed by atoms with Crippen molar-refractivity contribution in [2.45, 2.75) is 26.3 Å². The molecule has 0 saturated heterocycles. The van der Waals surface area contributed by atoms with Crippen molar-refractivity contribution < 1.29 is 0 Å². The van der Waals surface area contributed by atoms with Crippen LogP contribution in [-0.4, -0.2) is 23.4 Å². The Bertz CT molecular complexity index is 257. The third-order valence-corrected chi connectivity index (χ3v) is 2.46. The highest BCUT2D eigenvalue weighted by atomic mass is 35.5. The van der Waals surface area contributed by atoms with Gasteiger partial charge in [0.15, 0.2) is 0 Å². The fourth-order valence-electron chi connectivity index (χ4n) is 1.21. The number of aryl methyl sites for hydroxylation is 1. The first kappa shape index (κ1) is 10.5. The molecule has 74 valence electrons. The number of unbranched alkanes of at least 4 members (excludes halogenated alkanes) is 1. The molecule has 0 atom stereocenters. The molecule has 3 nitrogen and oxygen atoms in total. The molecule has 1 aromatic rings. The molecule has 0 bridgehead atoms. The van der Waals surface area contributed by atoms with Gasteiger partial charge in [0.1, 0.15) is 0 Å². The quantitative estimate of drug-likeness (QED) is 0.737. The second kappa shape index (κ2) is 5.25. The summed E-state index contributed by atoms with van der Waals surface area (Å²) in [6.45, 7) is 4.02. The molecule has 0 aliphatic carbocycles. The van der Waals surface area contributed by atoms with E-state index in [1.165, 1.54) is 6.42 Å². The number of nitrogens with one attached hydrogen (secondary N) is 1. The van der Waals surface area contributed by atoms with E-state index in [1.54, 1.807) is 6.20 Å². The molecule has 13 heavy (non-hydrogen) atoms. The Morgan fingerprint density at radius 1 is 1.54 bits per heavy atom. The number of hydrogen-bond donors (Lipinski definition) is 1. The minimum Gasteiger partial charge on any atom is -0.320 e. The highest BCUT2D eigenvalue weighted by molar-refractivity contribution is 6.31.